The highest BCUT2D eigenvalue weighted by molar-refractivity contribution is 6.38. The van der Waals surface area contributed by atoms with Crippen molar-refractivity contribution in [2.75, 3.05) is 19.6 Å². The van der Waals surface area contributed by atoms with Crippen molar-refractivity contribution in [3.63, 3.8) is 0 Å². The maximum absolute atomic E-state index is 14.6. The van der Waals surface area contributed by atoms with Gasteiger partial charge in [-0.05, 0) is 176 Å². The van der Waals surface area contributed by atoms with Crippen LogP contribution in [0.5, 0.6) is 0 Å². The Kier molecular flexibility index (Phi) is 15.8. The first-order valence-corrected chi connectivity index (χ1v) is 36.9. The van der Waals surface area contributed by atoms with Crippen LogP contribution in [0.15, 0.2) is 297 Å². The number of rotatable bonds is 8. The summed E-state index contributed by atoms with van der Waals surface area (Å²) in [6, 6.07) is 79.3. The zero-order chi connectivity index (χ0) is 79.6. The second kappa shape index (κ2) is 27.2. The molecule has 0 N–H and O–H groups in total. The third-order valence-corrected chi connectivity index (χ3v) is 20.5. The lowest BCUT2D eigenvalue weighted by atomic mass is 10.1. The Morgan fingerprint density at radius 3 is 0.678 bits per heavy atom. The fourth-order valence-corrected chi connectivity index (χ4v) is 14.8. The second-order valence-electron chi connectivity index (χ2n) is 28.0. The van der Waals surface area contributed by atoms with Crippen LogP contribution in [0.1, 0.15) is 127 Å². The van der Waals surface area contributed by atoms with Crippen molar-refractivity contribution >= 4 is 114 Å². The van der Waals surface area contributed by atoms with Gasteiger partial charge in [0, 0.05) is 91.0 Å². The Bertz CT molecular complexity index is 6820. The van der Waals surface area contributed by atoms with E-state index in [1.807, 2.05) is 133 Å². The quantitative estimate of drug-likeness (QED) is 0.101. The van der Waals surface area contributed by atoms with E-state index in [1.54, 1.807) is 109 Å². The number of anilines is 4. The number of carbonyl (C=O) groups excluding carboxylic acids is 8. The number of nitrogens with zero attached hydrogens (tertiary/aromatic N) is 8. The van der Waals surface area contributed by atoms with E-state index in [0.29, 0.717) is 66.6 Å². The highest BCUT2D eigenvalue weighted by Crippen LogP contribution is 2.44. The van der Waals surface area contributed by atoms with Crippen LogP contribution in [0.25, 0.3) is 90.2 Å². The van der Waals surface area contributed by atoms with E-state index in [1.165, 1.54) is 36.4 Å². The van der Waals surface area contributed by atoms with Gasteiger partial charge in [-0.15, -0.1) is 0 Å². The summed E-state index contributed by atoms with van der Waals surface area (Å²) in [5, 5.41) is 0. The number of benzene rings is 13. The second-order valence-corrected chi connectivity index (χ2v) is 28.0. The maximum Gasteiger partial charge on any atom is 0.266 e. The number of fused-ring (bicyclic) bond motifs is 8. The number of aromatic nitrogens is 4. The Morgan fingerprint density at radius 2 is 0.424 bits per heavy atom. The van der Waals surface area contributed by atoms with Crippen LogP contribution in [0.3, 0.4) is 0 Å². The Morgan fingerprint density at radius 1 is 0.195 bits per heavy atom. The minimum Gasteiger partial charge on any atom is -0.436 e. The molecule has 8 heterocycles. The first-order valence-electron chi connectivity index (χ1n) is 36.9. The Balaban J connectivity index is 0.581. The van der Waals surface area contributed by atoms with Crippen LogP contribution in [0, 0.1) is 47.4 Å². The van der Waals surface area contributed by atoms with Gasteiger partial charge >= 0.3 is 0 Å². The number of hydrogen-bond acceptors (Lipinski definition) is 16. The van der Waals surface area contributed by atoms with Crippen molar-refractivity contribution in [1.82, 2.24) is 19.9 Å². The topological polar surface area (TPSA) is 254 Å². The molecule has 0 saturated carbocycles. The summed E-state index contributed by atoms with van der Waals surface area (Å²) in [4.78, 5) is 140. The molecule has 118 heavy (non-hydrogen) atoms. The molecule has 0 spiro atoms. The summed E-state index contributed by atoms with van der Waals surface area (Å²) >= 11 is 0. The first-order chi connectivity index (χ1) is 57.7. The average Bonchev–Trinajstić information content (AvgIpc) is 1.58. The van der Waals surface area contributed by atoms with Crippen molar-refractivity contribution in [1.29, 1.82) is 0 Å². The van der Waals surface area contributed by atoms with Gasteiger partial charge in [-0.25, -0.2) is 39.5 Å². The van der Waals surface area contributed by atoms with Gasteiger partial charge in [0.1, 0.15) is 22.1 Å². The van der Waals surface area contributed by atoms with Crippen molar-refractivity contribution < 1.29 is 56.0 Å². The summed E-state index contributed by atoms with van der Waals surface area (Å²) in [6.07, 6.45) is 0. The molecule has 13 aromatic carbocycles. The Labute approximate surface area is 667 Å². The summed E-state index contributed by atoms with van der Waals surface area (Å²) in [6.45, 7) is 0. The standard InChI is InChI=1S/C98H46N8O12/c107-91-71-36-32-59(28-24-55-14-5-1-6-15-55)40-75(71)95(111)103(91)67-45-65(46-68(49-67)104-92(108)72-37-33-60(41-76(72)96(104)112)29-25-56-16-7-2-8-17-56)89-101-81-53-83-79(51-85(81)117-89)99-87(115-83)63-22-13-23-64(44-63)88-100-80-52-86-82(54-84(80)116-88)102-90(118-86)66-47-69(105-93(109)73-38-34-61(42-77(73)97(105)113)30-26-57-18-9-3-10-19-57)50-70(48-66)106-94(110)74-39-35-62(43-78(74)98(106)114)31-27-58-20-11-4-12-21-58/h1-23,32-54H. The number of carbonyl (C=O) groups is 8. The van der Waals surface area contributed by atoms with Crippen LogP contribution < -0.4 is 19.6 Å². The van der Waals surface area contributed by atoms with E-state index in [2.05, 4.69) is 47.4 Å². The predicted molar refractivity (Wildman–Crippen MR) is 438 cm³/mol. The normalized spacial score (nSPS) is 13.2. The van der Waals surface area contributed by atoms with E-state index < -0.39 is 47.3 Å². The lowest BCUT2D eigenvalue weighted by Gasteiger charge is -2.20. The minimum absolute atomic E-state index is 0.0103. The molecule has 4 aliphatic heterocycles. The lowest BCUT2D eigenvalue weighted by molar-refractivity contribution is 0.0908. The van der Waals surface area contributed by atoms with E-state index in [9.17, 15) is 38.4 Å². The van der Waals surface area contributed by atoms with Gasteiger partial charge in [-0.3, -0.25) is 38.4 Å². The summed E-state index contributed by atoms with van der Waals surface area (Å²) in [7, 11) is 0. The molecular formula is C98H46N8O12. The van der Waals surface area contributed by atoms with Crippen molar-refractivity contribution in [2.24, 2.45) is 0 Å². The Hall–Kier alpha value is -17.5. The average molecular weight is 1530 g/mol. The molecule has 17 aromatic rings. The molecule has 0 atom stereocenters. The molecule has 0 radical (unpaired) electrons. The zero-order valence-electron chi connectivity index (χ0n) is 61.0. The minimum atomic E-state index is -0.655. The third-order valence-electron chi connectivity index (χ3n) is 20.5. The maximum atomic E-state index is 14.6. The van der Waals surface area contributed by atoms with E-state index in [-0.39, 0.29) is 113 Å². The predicted octanol–water partition coefficient (Wildman–Crippen LogP) is 17.7. The molecule has 21 rings (SSSR count). The smallest absolute Gasteiger partial charge is 0.266 e. The molecule has 0 bridgehead atoms. The fraction of sp³-hybridized carbons (Fsp3) is 0. The van der Waals surface area contributed by atoms with E-state index in [0.717, 1.165) is 41.9 Å². The molecule has 20 heteroatoms. The molecule has 4 aromatic heterocycles. The van der Waals surface area contributed by atoms with Gasteiger partial charge in [0.25, 0.3) is 47.3 Å². The SMILES string of the molecule is O=C1c2ccc(C#Cc3ccccc3)cc2C(=O)N1c1cc(-c2nc3cc4oc(-c5cccc(-c6nc7cc8oc(-c9cc(N%10C(=O)c%11ccc(C#Cc%12ccccc%12)cc%11C%10=O)cc(N%10C(=O)c%11ccc(C#Cc%12ccccc%12)cc%11C%10=O)c9)nc8cc7o6)c5)nc4cc3o2)cc(N2C(=O)c3ccc(C#Cc4ccccc4)cc3C2=O)c1. The van der Waals surface area contributed by atoms with E-state index in [4.69, 9.17) is 37.6 Å². The van der Waals surface area contributed by atoms with Crippen LogP contribution in [-0.4, -0.2) is 67.2 Å². The monoisotopic (exact) mass is 1530 g/mol. The lowest BCUT2D eigenvalue weighted by Crippen LogP contribution is -2.32. The van der Waals surface area contributed by atoms with Crippen molar-refractivity contribution in [3.8, 4) is 93.2 Å². The summed E-state index contributed by atoms with van der Waals surface area (Å²) < 4.78 is 25.9. The van der Waals surface area contributed by atoms with Gasteiger partial charge in [-0.1, -0.05) is 126 Å². The zero-order valence-corrected chi connectivity index (χ0v) is 61.0. The highest BCUT2D eigenvalue weighted by Gasteiger charge is 2.43. The van der Waals surface area contributed by atoms with Crippen molar-refractivity contribution in [2.45, 2.75) is 0 Å². The van der Waals surface area contributed by atoms with Crippen LogP contribution >= 0.6 is 0 Å². The first kappa shape index (κ1) is 68.6. The third kappa shape index (κ3) is 11.9. The molecule has 0 saturated heterocycles. The van der Waals surface area contributed by atoms with Crippen molar-refractivity contribution in [3.05, 3.63) is 368 Å². The van der Waals surface area contributed by atoms with Crippen LogP contribution in [0.2, 0.25) is 0 Å². The molecule has 550 valence electrons. The number of amides is 8. The molecule has 8 amide bonds. The number of oxazole rings is 4. The summed E-state index contributed by atoms with van der Waals surface area (Å²) in [5.74, 6) is 20.0. The molecule has 0 aliphatic carbocycles. The number of hydrogen-bond donors (Lipinski definition) is 0. The largest absolute Gasteiger partial charge is 0.436 e. The molecular weight excluding hydrogens is 1480 g/mol. The highest BCUT2D eigenvalue weighted by atomic mass is 16.4. The summed E-state index contributed by atoms with van der Waals surface area (Å²) in [5.41, 5.74) is 10.4. The van der Waals surface area contributed by atoms with Gasteiger partial charge in [0.15, 0.2) is 22.3 Å². The van der Waals surface area contributed by atoms with Gasteiger partial charge in [0.05, 0.1) is 67.3 Å². The van der Waals surface area contributed by atoms with Crippen LogP contribution in [0.4, 0.5) is 22.7 Å². The van der Waals surface area contributed by atoms with Gasteiger partial charge in [0.2, 0.25) is 23.6 Å². The molecule has 0 fully saturated rings. The molecule has 4 aliphatic rings. The number of imide groups is 4. The molecule has 20 nitrogen and oxygen atoms in total. The molecule has 0 unspecified atom stereocenters. The fourth-order valence-electron chi connectivity index (χ4n) is 14.8. The van der Waals surface area contributed by atoms with Crippen LogP contribution in [-0.2, 0) is 0 Å². The van der Waals surface area contributed by atoms with E-state index >= 15 is 0 Å². The van der Waals surface area contributed by atoms with Gasteiger partial charge < -0.3 is 17.7 Å². The van der Waals surface area contributed by atoms with Gasteiger partial charge in [-0.2, -0.15) is 0 Å².